The van der Waals surface area contributed by atoms with Crippen molar-refractivity contribution >= 4 is 38.6 Å². The molecule has 48 heavy (non-hydrogen) atoms. The Bertz CT molecular complexity index is 1890. The maximum Gasteiger partial charge on any atom is 0.255 e. The maximum absolute atomic E-state index is 13.8. The van der Waals surface area contributed by atoms with E-state index in [1.165, 1.54) is 42.1 Å². The van der Waals surface area contributed by atoms with Gasteiger partial charge in [-0.25, -0.2) is 18.1 Å². The van der Waals surface area contributed by atoms with Crippen LogP contribution in [0.1, 0.15) is 86.6 Å². The van der Waals surface area contributed by atoms with E-state index in [2.05, 4.69) is 75.7 Å². The van der Waals surface area contributed by atoms with E-state index in [4.69, 9.17) is 16.6 Å². The Labute approximate surface area is 289 Å². The second-order valence-electron chi connectivity index (χ2n) is 14.4. The predicted octanol–water partition coefficient (Wildman–Crippen LogP) is 7.12. The van der Waals surface area contributed by atoms with Crippen molar-refractivity contribution in [3.05, 3.63) is 94.8 Å². The van der Waals surface area contributed by atoms with Gasteiger partial charge in [-0.3, -0.25) is 9.69 Å². The molecule has 3 atom stereocenters. The number of halogens is 1. The number of carbonyl (C=O) groups excluding carboxylic acids is 1. The minimum absolute atomic E-state index is 0.0400. The molecule has 3 aromatic carbocycles. The third-order valence-electron chi connectivity index (χ3n) is 11.1. The van der Waals surface area contributed by atoms with E-state index in [-0.39, 0.29) is 32.8 Å². The number of imidazole rings is 1. The molecular weight excluding hydrogens is 642 g/mol. The molecule has 3 aliphatic heterocycles. The van der Waals surface area contributed by atoms with E-state index >= 15 is 0 Å². The van der Waals surface area contributed by atoms with Crippen LogP contribution in [-0.4, -0.2) is 71.4 Å². The van der Waals surface area contributed by atoms with Crippen LogP contribution in [0.25, 0.3) is 11.0 Å². The monoisotopic (exact) mass is 687 g/mol. The standard InChI is InChI=1S/C38H46ClN5O3S/c1-26(2)41-48(46,47)32-15-16-34(39)33(25-32)37(45)42-20-17-38(18-21-42,28-9-5-4-6-10-28)19-22-43-29-13-14-30(43)24-31(23-29)44-27(3)40-35-11-7-8-12-36(35)44/h4-12,15-16,25-26,29-31,41H,13-14,17-24H2,1-3H3/t29-,30+,31?. The molecule has 0 radical (unpaired) electrons. The largest absolute Gasteiger partial charge is 0.339 e. The van der Waals surface area contributed by atoms with Gasteiger partial charge in [0.25, 0.3) is 5.91 Å². The number of benzene rings is 3. The van der Waals surface area contributed by atoms with Crippen molar-refractivity contribution in [3.63, 3.8) is 0 Å². The molecule has 1 aromatic heterocycles. The molecule has 2 bridgehead atoms. The fourth-order valence-electron chi connectivity index (χ4n) is 8.79. The van der Waals surface area contributed by atoms with E-state index in [0.717, 1.165) is 50.0 Å². The number of fused-ring (bicyclic) bond motifs is 3. The lowest BCUT2D eigenvalue weighted by Gasteiger charge is -2.45. The average Bonchev–Trinajstić information content (AvgIpc) is 3.53. The molecule has 4 aromatic rings. The van der Waals surface area contributed by atoms with Gasteiger partial charge >= 0.3 is 0 Å². The molecule has 0 saturated carbocycles. The summed E-state index contributed by atoms with van der Waals surface area (Å²) in [5.41, 5.74) is 3.87. The number of rotatable bonds is 9. The Morgan fingerprint density at radius 1 is 0.958 bits per heavy atom. The number of aromatic nitrogens is 2. The number of piperidine rings is 2. The zero-order chi connectivity index (χ0) is 33.6. The van der Waals surface area contributed by atoms with Crippen molar-refractivity contribution in [1.29, 1.82) is 0 Å². The van der Waals surface area contributed by atoms with Gasteiger partial charge in [-0.15, -0.1) is 0 Å². The Hall–Kier alpha value is -3.24. The summed E-state index contributed by atoms with van der Waals surface area (Å²) < 4.78 is 30.8. The number of nitrogens with zero attached hydrogens (tertiary/aromatic N) is 4. The highest BCUT2D eigenvalue weighted by Gasteiger charge is 2.44. The van der Waals surface area contributed by atoms with E-state index in [1.54, 1.807) is 13.8 Å². The van der Waals surface area contributed by atoms with E-state index in [1.807, 2.05) is 4.90 Å². The average molecular weight is 688 g/mol. The summed E-state index contributed by atoms with van der Waals surface area (Å²) >= 11 is 6.49. The van der Waals surface area contributed by atoms with Gasteiger partial charge in [-0.2, -0.15) is 0 Å². The molecule has 10 heteroatoms. The van der Waals surface area contributed by atoms with Gasteiger partial charge in [0.15, 0.2) is 0 Å². The van der Waals surface area contributed by atoms with Crippen molar-refractivity contribution in [2.45, 2.75) is 100 Å². The van der Waals surface area contributed by atoms with Gasteiger partial charge < -0.3 is 9.47 Å². The zero-order valence-electron chi connectivity index (χ0n) is 28.1. The molecule has 1 N–H and O–H groups in total. The molecule has 0 aliphatic carbocycles. The Balaban J connectivity index is 1.06. The molecule has 3 saturated heterocycles. The number of sulfonamides is 1. The molecule has 3 aliphatic rings. The van der Waals surface area contributed by atoms with Gasteiger partial charge in [-0.1, -0.05) is 54.1 Å². The van der Waals surface area contributed by atoms with E-state index in [0.29, 0.717) is 31.2 Å². The van der Waals surface area contributed by atoms with Gasteiger partial charge in [-0.05, 0) is 114 Å². The first-order valence-corrected chi connectivity index (χ1v) is 19.3. The quantitative estimate of drug-likeness (QED) is 0.203. The summed E-state index contributed by atoms with van der Waals surface area (Å²) in [5.74, 6) is 0.894. The van der Waals surface area contributed by atoms with Crippen LogP contribution in [0.2, 0.25) is 5.02 Å². The van der Waals surface area contributed by atoms with Crippen LogP contribution in [0.4, 0.5) is 0 Å². The van der Waals surface area contributed by atoms with Crippen LogP contribution in [0.3, 0.4) is 0 Å². The summed E-state index contributed by atoms with van der Waals surface area (Å²) in [4.78, 5) is 23.4. The molecule has 254 valence electrons. The number of para-hydroxylation sites is 2. The maximum atomic E-state index is 13.8. The third-order valence-corrected chi connectivity index (χ3v) is 13.1. The lowest BCUT2D eigenvalue weighted by Crippen LogP contribution is -2.49. The summed E-state index contributed by atoms with van der Waals surface area (Å²) in [5, 5.41) is 0.265. The lowest BCUT2D eigenvalue weighted by molar-refractivity contribution is 0.0607. The second-order valence-corrected chi connectivity index (χ2v) is 16.5. The number of hydrogen-bond donors (Lipinski definition) is 1. The first-order valence-electron chi connectivity index (χ1n) is 17.4. The molecule has 7 rings (SSSR count). The number of nitrogens with one attached hydrogen (secondary N) is 1. The predicted molar refractivity (Wildman–Crippen MR) is 191 cm³/mol. The number of aryl methyl sites for hydroxylation is 1. The zero-order valence-corrected chi connectivity index (χ0v) is 29.7. The van der Waals surface area contributed by atoms with Crippen LogP contribution in [0.15, 0.2) is 77.7 Å². The molecule has 0 spiro atoms. The van der Waals surface area contributed by atoms with Crippen LogP contribution >= 0.6 is 11.6 Å². The van der Waals surface area contributed by atoms with Crippen LogP contribution in [-0.2, 0) is 15.4 Å². The molecule has 1 unspecified atom stereocenters. The highest BCUT2D eigenvalue weighted by molar-refractivity contribution is 7.89. The van der Waals surface area contributed by atoms with Gasteiger partial charge in [0, 0.05) is 37.3 Å². The van der Waals surface area contributed by atoms with Gasteiger partial charge in [0.1, 0.15) is 5.82 Å². The summed E-state index contributed by atoms with van der Waals surface area (Å²) in [6.45, 7) is 7.90. The Kier molecular flexibility index (Phi) is 9.17. The van der Waals surface area contributed by atoms with Crippen LogP contribution < -0.4 is 4.72 Å². The summed E-state index contributed by atoms with van der Waals surface area (Å²) in [6.07, 6.45) is 7.53. The number of likely N-dealkylation sites (tertiary alicyclic amines) is 1. The van der Waals surface area contributed by atoms with Crippen molar-refractivity contribution in [2.75, 3.05) is 19.6 Å². The van der Waals surface area contributed by atoms with Crippen molar-refractivity contribution < 1.29 is 13.2 Å². The fourth-order valence-corrected chi connectivity index (χ4v) is 10.3. The number of carbonyl (C=O) groups is 1. The topological polar surface area (TPSA) is 87.5 Å². The Morgan fingerprint density at radius 2 is 1.62 bits per heavy atom. The van der Waals surface area contributed by atoms with Gasteiger partial charge in [0.2, 0.25) is 10.0 Å². The molecule has 4 heterocycles. The third kappa shape index (κ3) is 6.30. The minimum Gasteiger partial charge on any atom is -0.339 e. The molecule has 8 nitrogen and oxygen atoms in total. The SMILES string of the molecule is Cc1nc2ccccc2n1C1C[C@H]2CC[C@@H](C1)N2CCC1(c2ccccc2)CCN(C(=O)c2cc(S(=O)(=O)NC(C)C)ccc2Cl)CC1. The van der Waals surface area contributed by atoms with Crippen molar-refractivity contribution in [1.82, 2.24) is 24.1 Å². The van der Waals surface area contributed by atoms with E-state index in [9.17, 15) is 13.2 Å². The summed E-state index contributed by atoms with van der Waals surface area (Å²) in [6, 6.07) is 25.1. The van der Waals surface area contributed by atoms with Crippen molar-refractivity contribution in [3.8, 4) is 0 Å². The molecule has 3 fully saturated rings. The number of hydrogen-bond acceptors (Lipinski definition) is 5. The minimum atomic E-state index is -3.76. The van der Waals surface area contributed by atoms with Gasteiger partial charge in [0.05, 0.1) is 26.5 Å². The normalized spacial score (nSPS) is 22.9. The van der Waals surface area contributed by atoms with Crippen LogP contribution in [0.5, 0.6) is 0 Å². The Morgan fingerprint density at radius 3 is 2.31 bits per heavy atom. The molecular formula is C38H46ClN5O3S. The summed E-state index contributed by atoms with van der Waals surface area (Å²) in [7, 11) is -3.76. The highest BCUT2D eigenvalue weighted by Crippen LogP contribution is 2.45. The smallest absolute Gasteiger partial charge is 0.255 e. The first kappa shape index (κ1) is 33.3. The second kappa shape index (κ2) is 13.2. The first-order chi connectivity index (χ1) is 23.0. The number of amides is 1. The van der Waals surface area contributed by atoms with Crippen molar-refractivity contribution in [2.24, 2.45) is 0 Å². The lowest BCUT2D eigenvalue weighted by atomic mass is 9.70. The van der Waals surface area contributed by atoms with Crippen LogP contribution in [0, 0.1) is 6.92 Å². The van der Waals surface area contributed by atoms with E-state index < -0.39 is 10.0 Å². The fraction of sp³-hybridized carbons (Fsp3) is 0.474. The molecule has 1 amide bonds. The highest BCUT2D eigenvalue weighted by atomic mass is 35.5.